The third-order valence-electron chi connectivity index (χ3n) is 5.21. The minimum absolute atomic E-state index is 0.0929. The van der Waals surface area contributed by atoms with Gasteiger partial charge in [-0.3, -0.25) is 14.7 Å². The quantitative estimate of drug-likeness (QED) is 0.240. The first kappa shape index (κ1) is 20.1. The number of nitrogens with zero attached hydrogens (tertiary/aromatic N) is 3. The molecule has 0 saturated heterocycles. The van der Waals surface area contributed by atoms with E-state index in [0.717, 1.165) is 35.0 Å². The van der Waals surface area contributed by atoms with E-state index in [-0.39, 0.29) is 17.1 Å². The van der Waals surface area contributed by atoms with Crippen molar-refractivity contribution in [3.05, 3.63) is 80.5 Å². The third-order valence-corrected chi connectivity index (χ3v) is 5.21. The van der Waals surface area contributed by atoms with Crippen molar-refractivity contribution in [3.63, 3.8) is 0 Å². The third kappa shape index (κ3) is 3.60. The van der Waals surface area contributed by atoms with Crippen LogP contribution in [0.5, 0.6) is 0 Å². The molecule has 9 nitrogen and oxygen atoms in total. The van der Waals surface area contributed by atoms with E-state index in [9.17, 15) is 20.2 Å². The Morgan fingerprint density at radius 2 is 1.94 bits per heavy atom. The molecular weight excluding hydrogens is 396 g/mol. The monoisotopic (exact) mass is 416 g/mol. The van der Waals surface area contributed by atoms with E-state index in [1.54, 1.807) is 6.07 Å². The molecule has 0 fully saturated rings. The highest BCUT2D eigenvalue weighted by Gasteiger charge is 2.23. The van der Waals surface area contributed by atoms with Crippen LogP contribution in [0.3, 0.4) is 0 Å². The molecule has 2 aromatic heterocycles. The number of nitro groups is 1. The maximum Gasteiger partial charge on any atom is 0.331 e. The lowest BCUT2D eigenvalue weighted by atomic mass is 10.0. The largest absolute Gasteiger partial charge is 0.358 e. The highest BCUT2D eigenvalue weighted by Crippen LogP contribution is 2.34. The van der Waals surface area contributed by atoms with Gasteiger partial charge in [0.1, 0.15) is 6.07 Å². The second-order valence-corrected chi connectivity index (χ2v) is 7.15. The van der Waals surface area contributed by atoms with Crippen molar-refractivity contribution in [2.75, 3.05) is 6.54 Å². The second-order valence-electron chi connectivity index (χ2n) is 7.15. The molecule has 0 spiro atoms. The molecule has 0 aliphatic heterocycles. The van der Waals surface area contributed by atoms with Crippen LogP contribution in [0.2, 0.25) is 0 Å². The predicted molar refractivity (Wildman–Crippen MR) is 117 cm³/mol. The molecule has 4 N–H and O–H groups in total. The summed E-state index contributed by atoms with van der Waals surface area (Å²) in [6.07, 6.45) is 2.41. The van der Waals surface area contributed by atoms with Gasteiger partial charge < -0.3 is 15.7 Å². The van der Waals surface area contributed by atoms with Crippen LogP contribution in [0.1, 0.15) is 24.2 Å². The summed E-state index contributed by atoms with van der Waals surface area (Å²) in [5, 5.41) is 22.0. The van der Waals surface area contributed by atoms with Gasteiger partial charge in [0.2, 0.25) is 0 Å². The lowest BCUT2D eigenvalue weighted by Crippen LogP contribution is -2.16. The van der Waals surface area contributed by atoms with Crippen LogP contribution in [0.15, 0.2) is 53.3 Å². The summed E-state index contributed by atoms with van der Waals surface area (Å²) >= 11 is 0. The molecule has 2 heterocycles. The molecule has 9 heteroatoms. The van der Waals surface area contributed by atoms with E-state index in [1.807, 2.05) is 24.3 Å². The Labute approximate surface area is 176 Å². The minimum Gasteiger partial charge on any atom is -0.358 e. The lowest BCUT2D eigenvalue weighted by Gasteiger charge is -2.06. The number of nitrogens with two attached hydrogens (primary N) is 1. The molecule has 0 amide bonds. The predicted octanol–water partition coefficient (Wildman–Crippen LogP) is 3.38. The van der Waals surface area contributed by atoms with Gasteiger partial charge in [-0.05, 0) is 37.9 Å². The summed E-state index contributed by atoms with van der Waals surface area (Å²) in [6, 6.07) is 15.4. The number of hydrogen-bond donors (Lipinski definition) is 3. The maximum atomic E-state index is 12.9. The zero-order valence-corrected chi connectivity index (χ0v) is 16.6. The van der Waals surface area contributed by atoms with Crippen LogP contribution in [0, 0.1) is 21.4 Å². The number of imidazole rings is 1. The van der Waals surface area contributed by atoms with Crippen LogP contribution in [0.25, 0.3) is 27.8 Å². The molecule has 2 aromatic carbocycles. The number of non-ortho nitro benzene ring substituents is 1. The molecule has 0 radical (unpaired) electrons. The Bertz CT molecular complexity index is 1370. The van der Waals surface area contributed by atoms with E-state index in [4.69, 9.17) is 5.73 Å². The van der Waals surface area contributed by atoms with Crippen molar-refractivity contribution in [2.45, 2.75) is 19.3 Å². The van der Waals surface area contributed by atoms with Gasteiger partial charge in [0.05, 0.1) is 16.3 Å². The highest BCUT2D eigenvalue weighted by atomic mass is 16.6. The van der Waals surface area contributed by atoms with Crippen molar-refractivity contribution in [3.8, 4) is 23.0 Å². The normalized spacial score (nSPS) is 11.0. The molecule has 0 atom stereocenters. The summed E-state index contributed by atoms with van der Waals surface area (Å²) in [4.78, 5) is 29.7. The number of aromatic nitrogens is 3. The second kappa shape index (κ2) is 8.30. The number of H-pyrrole nitrogens is 2. The fraction of sp³-hybridized carbons (Fsp3) is 0.182. The molecule has 0 unspecified atom stereocenters. The van der Waals surface area contributed by atoms with E-state index < -0.39 is 10.6 Å². The number of aromatic amines is 2. The molecule has 4 rings (SSSR count). The van der Waals surface area contributed by atoms with Crippen LogP contribution < -0.4 is 11.4 Å². The molecule has 31 heavy (non-hydrogen) atoms. The zero-order valence-electron chi connectivity index (χ0n) is 16.6. The van der Waals surface area contributed by atoms with Gasteiger partial charge in [0.15, 0.2) is 5.69 Å². The Morgan fingerprint density at radius 3 is 2.68 bits per heavy atom. The first-order chi connectivity index (χ1) is 15.0. The number of para-hydroxylation sites is 1. The number of nitrogens with one attached hydrogen (secondary N) is 2. The Balaban J connectivity index is 1.94. The summed E-state index contributed by atoms with van der Waals surface area (Å²) in [6.45, 7) is 0.582. The van der Waals surface area contributed by atoms with Crippen molar-refractivity contribution < 1.29 is 4.92 Å². The average Bonchev–Trinajstić information content (AvgIpc) is 3.30. The van der Waals surface area contributed by atoms with Crippen LogP contribution in [-0.4, -0.2) is 26.0 Å². The van der Waals surface area contributed by atoms with Crippen molar-refractivity contribution in [2.24, 2.45) is 5.73 Å². The fourth-order valence-electron chi connectivity index (χ4n) is 3.83. The molecule has 156 valence electrons. The lowest BCUT2D eigenvalue weighted by molar-refractivity contribution is -0.384. The van der Waals surface area contributed by atoms with Gasteiger partial charge >= 0.3 is 5.69 Å². The molecule has 0 saturated carbocycles. The van der Waals surface area contributed by atoms with Crippen LogP contribution in [0.4, 0.5) is 5.69 Å². The Hall–Kier alpha value is -4.16. The molecular formula is C22H20N6O3. The fourth-order valence-corrected chi connectivity index (χ4v) is 3.83. The van der Waals surface area contributed by atoms with Gasteiger partial charge in [-0.1, -0.05) is 24.3 Å². The number of nitriles is 1. The van der Waals surface area contributed by atoms with Gasteiger partial charge in [0, 0.05) is 34.3 Å². The van der Waals surface area contributed by atoms with Crippen molar-refractivity contribution >= 4 is 16.6 Å². The zero-order chi connectivity index (χ0) is 22.0. The smallest absolute Gasteiger partial charge is 0.331 e. The van der Waals surface area contributed by atoms with E-state index >= 15 is 0 Å². The standard InChI is InChI=1S/C22H20N6O3/c23-11-4-3-10-18-20(16-8-1-2-9-17(16)25-18)21-19(13-24)27(22(29)26-21)14-6-5-7-15(12-14)28(30)31/h1-2,5-9,12,25H,3-4,10-11,23H2,(H,26,29). The van der Waals surface area contributed by atoms with E-state index in [0.29, 0.717) is 18.7 Å². The Morgan fingerprint density at radius 1 is 1.13 bits per heavy atom. The van der Waals surface area contributed by atoms with Crippen molar-refractivity contribution in [1.82, 2.24) is 14.5 Å². The SMILES string of the molecule is N#Cc1c(-c2c(CCCCN)[nH]c3ccccc23)[nH]c(=O)n1-c1cccc([N+](=O)[O-])c1. The topological polar surface area (TPSA) is 147 Å². The van der Waals surface area contributed by atoms with Gasteiger partial charge in [0.25, 0.3) is 5.69 Å². The van der Waals surface area contributed by atoms with E-state index in [2.05, 4.69) is 16.0 Å². The number of aryl methyl sites for hydroxylation is 1. The maximum absolute atomic E-state index is 12.9. The summed E-state index contributed by atoms with van der Waals surface area (Å²) in [7, 11) is 0. The first-order valence-electron chi connectivity index (χ1n) is 9.85. The summed E-state index contributed by atoms with van der Waals surface area (Å²) < 4.78 is 1.17. The van der Waals surface area contributed by atoms with Gasteiger partial charge in [-0.2, -0.15) is 5.26 Å². The Kier molecular flexibility index (Phi) is 5.39. The molecule has 0 aliphatic carbocycles. The van der Waals surface area contributed by atoms with Gasteiger partial charge in [-0.15, -0.1) is 0 Å². The number of fused-ring (bicyclic) bond motifs is 1. The van der Waals surface area contributed by atoms with Gasteiger partial charge in [-0.25, -0.2) is 4.79 Å². The number of benzene rings is 2. The van der Waals surface area contributed by atoms with Crippen LogP contribution >= 0.6 is 0 Å². The number of hydrogen-bond acceptors (Lipinski definition) is 5. The minimum atomic E-state index is -0.538. The number of rotatable bonds is 7. The summed E-state index contributed by atoms with van der Waals surface area (Å²) in [5.74, 6) is 0. The molecule has 0 aliphatic rings. The van der Waals surface area contributed by atoms with E-state index in [1.165, 1.54) is 22.8 Å². The number of unbranched alkanes of at least 4 members (excludes halogenated alkanes) is 1. The highest BCUT2D eigenvalue weighted by molar-refractivity contribution is 5.97. The first-order valence-corrected chi connectivity index (χ1v) is 9.85. The van der Waals surface area contributed by atoms with Crippen molar-refractivity contribution in [1.29, 1.82) is 5.26 Å². The number of nitro benzene ring substituents is 1. The molecule has 4 aromatic rings. The average molecular weight is 416 g/mol. The molecule has 0 bridgehead atoms. The summed E-state index contributed by atoms with van der Waals surface area (Å²) in [5.41, 5.74) is 8.22. The van der Waals surface area contributed by atoms with Crippen LogP contribution in [-0.2, 0) is 6.42 Å².